The Morgan fingerprint density at radius 3 is 2.38 bits per heavy atom. The molecule has 0 aliphatic carbocycles. The lowest BCUT2D eigenvalue weighted by atomic mass is 10.1. The summed E-state index contributed by atoms with van der Waals surface area (Å²) in [5.41, 5.74) is 1.71. The predicted molar refractivity (Wildman–Crippen MR) is 93.6 cm³/mol. The van der Waals surface area contributed by atoms with E-state index in [9.17, 15) is 9.59 Å². The molecule has 0 aliphatic rings. The largest absolute Gasteiger partial charge is 0.385 e. The lowest BCUT2D eigenvalue weighted by Crippen LogP contribution is -2.13. The van der Waals surface area contributed by atoms with Crippen molar-refractivity contribution in [2.75, 3.05) is 30.9 Å². The number of aromatic nitrogens is 1. The summed E-state index contributed by atoms with van der Waals surface area (Å²) in [5.74, 6) is 0.461. The van der Waals surface area contributed by atoms with Crippen molar-refractivity contribution in [2.45, 2.75) is 13.3 Å². The predicted octanol–water partition coefficient (Wildman–Crippen LogP) is 2.98. The van der Waals surface area contributed by atoms with Crippen molar-refractivity contribution < 1.29 is 14.3 Å². The van der Waals surface area contributed by atoms with Crippen molar-refractivity contribution in [3.05, 3.63) is 53.7 Å². The molecule has 2 N–H and O–H groups in total. The lowest BCUT2D eigenvalue weighted by Gasteiger charge is -2.08. The number of carbonyl (C=O) groups excluding carboxylic acids is 2. The van der Waals surface area contributed by atoms with Crippen LogP contribution in [-0.4, -0.2) is 36.9 Å². The number of anilines is 2. The number of ketones is 1. The van der Waals surface area contributed by atoms with Crippen LogP contribution in [0.3, 0.4) is 0 Å². The van der Waals surface area contributed by atoms with Crippen LogP contribution in [0.5, 0.6) is 0 Å². The second kappa shape index (κ2) is 8.79. The van der Waals surface area contributed by atoms with Gasteiger partial charge in [0.05, 0.1) is 5.56 Å². The molecule has 2 aromatic rings. The van der Waals surface area contributed by atoms with Crippen LogP contribution in [0.15, 0.2) is 42.6 Å². The maximum absolute atomic E-state index is 12.2. The van der Waals surface area contributed by atoms with Crippen molar-refractivity contribution in [3.63, 3.8) is 0 Å². The van der Waals surface area contributed by atoms with Gasteiger partial charge in [-0.15, -0.1) is 0 Å². The van der Waals surface area contributed by atoms with E-state index in [1.54, 1.807) is 43.5 Å². The van der Waals surface area contributed by atoms with Crippen LogP contribution in [0.2, 0.25) is 0 Å². The fourth-order valence-electron chi connectivity index (χ4n) is 2.06. The number of nitrogens with one attached hydrogen (secondary N) is 2. The maximum atomic E-state index is 12.2. The molecule has 0 atom stereocenters. The fourth-order valence-corrected chi connectivity index (χ4v) is 2.06. The minimum Gasteiger partial charge on any atom is -0.385 e. The van der Waals surface area contributed by atoms with Gasteiger partial charge in [-0.1, -0.05) is 0 Å². The Morgan fingerprint density at radius 1 is 1.08 bits per heavy atom. The van der Waals surface area contributed by atoms with E-state index in [2.05, 4.69) is 15.6 Å². The van der Waals surface area contributed by atoms with Crippen molar-refractivity contribution in [2.24, 2.45) is 0 Å². The van der Waals surface area contributed by atoms with E-state index in [0.29, 0.717) is 29.2 Å². The number of nitrogens with zero attached hydrogens (tertiary/aromatic N) is 1. The molecule has 126 valence electrons. The van der Waals surface area contributed by atoms with E-state index in [-0.39, 0.29) is 11.7 Å². The second-order valence-corrected chi connectivity index (χ2v) is 5.29. The molecule has 0 spiro atoms. The van der Waals surface area contributed by atoms with E-state index in [0.717, 1.165) is 13.0 Å². The number of hydrogen-bond donors (Lipinski definition) is 2. The summed E-state index contributed by atoms with van der Waals surface area (Å²) in [7, 11) is 1.67. The number of carbonyl (C=O) groups is 2. The lowest BCUT2D eigenvalue weighted by molar-refractivity contribution is 0.101. The number of rotatable bonds is 8. The highest BCUT2D eigenvalue weighted by atomic mass is 16.5. The van der Waals surface area contributed by atoms with Gasteiger partial charge in [-0.05, 0) is 49.7 Å². The first kappa shape index (κ1) is 17.6. The molecule has 0 aliphatic heterocycles. The number of Topliss-reactive ketones (excluding diaryl/α,β-unsaturated/α-hetero) is 1. The Kier molecular flexibility index (Phi) is 6.45. The zero-order valence-corrected chi connectivity index (χ0v) is 13.8. The van der Waals surface area contributed by atoms with Gasteiger partial charge in [-0.3, -0.25) is 9.59 Å². The zero-order valence-electron chi connectivity index (χ0n) is 13.8. The molecule has 6 heteroatoms. The standard InChI is InChI=1S/C18H21N3O3/c1-13(22)14-4-7-16(8-5-14)21-18(23)15-6-9-17(20-12-15)19-10-3-11-24-2/h4-9,12H,3,10-11H2,1-2H3,(H,19,20)(H,21,23). The van der Waals surface area contributed by atoms with Gasteiger partial charge in [0.25, 0.3) is 5.91 Å². The number of hydrogen-bond acceptors (Lipinski definition) is 5. The molecule has 0 fully saturated rings. The number of ether oxygens (including phenoxy) is 1. The summed E-state index contributed by atoms with van der Waals surface area (Å²) in [6.07, 6.45) is 2.41. The maximum Gasteiger partial charge on any atom is 0.257 e. The van der Waals surface area contributed by atoms with Crippen LogP contribution < -0.4 is 10.6 Å². The third-order valence-corrected chi connectivity index (χ3v) is 3.41. The highest BCUT2D eigenvalue weighted by molar-refractivity contribution is 6.04. The van der Waals surface area contributed by atoms with Crippen LogP contribution >= 0.6 is 0 Å². The van der Waals surface area contributed by atoms with E-state index >= 15 is 0 Å². The Morgan fingerprint density at radius 2 is 1.79 bits per heavy atom. The zero-order chi connectivity index (χ0) is 17.4. The Bertz CT molecular complexity index is 682. The molecular weight excluding hydrogens is 306 g/mol. The Labute approximate surface area is 141 Å². The highest BCUT2D eigenvalue weighted by Gasteiger charge is 2.07. The normalized spacial score (nSPS) is 10.2. The molecule has 0 radical (unpaired) electrons. The molecule has 0 saturated carbocycles. The quantitative estimate of drug-likeness (QED) is 0.575. The molecule has 0 saturated heterocycles. The van der Waals surface area contributed by atoms with Crippen LogP contribution in [0.1, 0.15) is 34.1 Å². The molecule has 0 bridgehead atoms. The Hall–Kier alpha value is -2.73. The third-order valence-electron chi connectivity index (χ3n) is 3.41. The monoisotopic (exact) mass is 327 g/mol. The summed E-state index contributed by atoms with van der Waals surface area (Å²) >= 11 is 0. The van der Waals surface area contributed by atoms with E-state index < -0.39 is 0 Å². The molecule has 1 amide bonds. The molecule has 24 heavy (non-hydrogen) atoms. The summed E-state index contributed by atoms with van der Waals surface area (Å²) in [6.45, 7) is 2.95. The fraction of sp³-hybridized carbons (Fsp3) is 0.278. The van der Waals surface area contributed by atoms with Crippen molar-refractivity contribution >= 4 is 23.2 Å². The van der Waals surface area contributed by atoms with Gasteiger partial charge in [-0.2, -0.15) is 0 Å². The second-order valence-electron chi connectivity index (χ2n) is 5.29. The number of pyridine rings is 1. The van der Waals surface area contributed by atoms with Crippen molar-refractivity contribution in [1.82, 2.24) is 4.98 Å². The molecule has 0 unspecified atom stereocenters. The average Bonchev–Trinajstić information content (AvgIpc) is 2.59. The van der Waals surface area contributed by atoms with Gasteiger partial charge < -0.3 is 15.4 Å². The smallest absolute Gasteiger partial charge is 0.257 e. The van der Waals surface area contributed by atoms with Gasteiger partial charge in [0, 0.05) is 37.7 Å². The topological polar surface area (TPSA) is 80.3 Å². The first-order chi connectivity index (χ1) is 11.6. The van der Waals surface area contributed by atoms with Crippen molar-refractivity contribution in [3.8, 4) is 0 Å². The van der Waals surface area contributed by atoms with Gasteiger partial charge in [-0.25, -0.2) is 4.98 Å². The van der Waals surface area contributed by atoms with E-state index in [1.165, 1.54) is 13.1 Å². The summed E-state index contributed by atoms with van der Waals surface area (Å²) in [6, 6.07) is 10.2. The first-order valence-corrected chi connectivity index (χ1v) is 7.71. The minimum absolute atomic E-state index is 0.00864. The van der Waals surface area contributed by atoms with E-state index in [1.807, 2.05) is 0 Å². The van der Waals surface area contributed by atoms with Crippen LogP contribution in [0.4, 0.5) is 11.5 Å². The molecule has 1 aromatic carbocycles. The number of benzene rings is 1. The summed E-state index contributed by atoms with van der Waals surface area (Å²) < 4.78 is 4.98. The van der Waals surface area contributed by atoms with Crippen molar-refractivity contribution in [1.29, 1.82) is 0 Å². The SMILES string of the molecule is COCCCNc1ccc(C(=O)Nc2ccc(C(C)=O)cc2)cn1. The summed E-state index contributed by atoms with van der Waals surface area (Å²) in [4.78, 5) is 27.6. The van der Waals surface area contributed by atoms with Crippen LogP contribution in [0.25, 0.3) is 0 Å². The Balaban J connectivity index is 1.91. The number of methoxy groups -OCH3 is 1. The van der Waals surface area contributed by atoms with Crippen LogP contribution in [0, 0.1) is 0 Å². The third kappa shape index (κ3) is 5.17. The van der Waals surface area contributed by atoms with Gasteiger partial charge >= 0.3 is 0 Å². The molecule has 1 aromatic heterocycles. The number of amides is 1. The van der Waals surface area contributed by atoms with Gasteiger partial charge in [0.1, 0.15) is 5.82 Å². The highest BCUT2D eigenvalue weighted by Crippen LogP contribution is 2.12. The molecule has 2 rings (SSSR count). The molecule has 1 heterocycles. The minimum atomic E-state index is -0.246. The van der Waals surface area contributed by atoms with Gasteiger partial charge in [0.2, 0.25) is 0 Å². The first-order valence-electron chi connectivity index (χ1n) is 7.71. The average molecular weight is 327 g/mol. The van der Waals surface area contributed by atoms with Crippen LogP contribution in [-0.2, 0) is 4.74 Å². The van der Waals surface area contributed by atoms with Gasteiger partial charge in [0.15, 0.2) is 5.78 Å². The molecule has 6 nitrogen and oxygen atoms in total. The molecular formula is C18H21N3O3. The summed E-state index contributed by atoms with van der Waals surface area (Å²) in [5, 5.41) is 5.93. The van der Waals surface area contributed by atoms with E-state index in [4.69, 9.17) is 4.74 Å².